The molecule has 0 bridgehead atoms. The van der Waals surface area contributed by atoms with Crippen molar-refractivity contribution < 1.29 is 19.1 Å². The molecule has 0 aliphatic carbocycles. The Hall–Kier alpha value is -1.54. The quantitative estimate of drug-likeness (QED) is 0.786. The highest BCUT2D eigenvalue weighted by molar-refractivity contribution is 9.10. The van der Waals surface area contributed by atoms with E-state index in [0.717, 1.165) is 10.0 Å². The fraction of sp³-hybridized carbons (Fsp3) is 0.357. The van der Waals surface area contributed by atoms with E-state index in [2.05, 4.69) is 21.2 Å². The van der Waals surface area contributed by atoms with E-state index in [0.29, 0.717) is 18.0 Å². The van der Waals surface area contributed by atoms with Crippen LogP contribution < -0.4 is 5.32 Å². The van der Waals surface area contributed by atoms with Gasteiger partial charge in [0.1, 0.15) is 6.54 Å². The number of anilines is 1. The Kier molecular flexibility index (Phi) is 5.84. The van der Waals surface area contributed by atoms with Crippen molar-refractivity contribution in [2.45, 2.75) is 6.92 Å². The van der Waals surface area contributed by atoms with Gasteiger partial charge in [0.15, 0.2) is 6.61 Å². The molecule has 1 fully saturated rings. The number of halogens is 1. The van der Waals surface area contributed by atoms with Crippen molar-refractivity contribution in [1.82, 2.24) is 4.90 Å². The molecule has 1 heterocycles. The van der Waals surface area contributed by atoms with Crippen molar-refractivity contribution in [3.05, 3.63) is 28.2 Å². The smallest absolute Gasteiger partial charge is 0.326 e. The molecule has 1 saturated heterocycles. The maximum atomic E-state index is 11.7. The lowest BCUT2D eigenvalue weighted by Crippen LogP contribution is -2.32. The monoisotopic (exact) mass is 386 g/mol. The fourth-order valence-corrected chi connectivity index (χ4v) is 2.91. The van der Waals surface area contributed by atoms with Crippen molar-refractivity contribution in [2.75, 3.05) is 30.8 Å². The molecule has 1 aromatic rings. The summed E-state index contributed by atoms with van der Waals surface area (Å²) in [6, 6.07) is 5.38. The Morgan fingerprint density at radius 2 is 2.23 bits per heavy atom. The summed E-state index contributed by atoms with van der Waals surface area (Å²) < 4.78 is 5.83. The number of carbonyl (C=O) groups excluding carboxylic acids is 3. The van der Waals surface area contributed by atoms with Crippen LogP contribution in [0.15, 0.2) is 22.7 Å². The van der Waals surface area contributed by atoms with Crippen molar-refractivity contribution >= 4 is 50.5 Å². The van der Waals surface area contributed by atoms with Gasteiger partial charge in [0.25, 0.3) is 11.1 Å². The number of hydrogen-bond donors (Lipinski definition) is 1. The number of rotatable bonds is 5. The minimum atomic E-state index is -0.585. The van der Waals surface area contributed by atoms with E-state index >= 15 is 0 Å². The van der Waals surface area contributed by atoms with Gasteiger partial charge in [-0.05, 0) is 30.7 Å². The SMILES string of the molecule is Cc1cc(NC(=O)COC(=O)CN2CCSC2=O)ccc1Br. The highest BCUT2D eigenvalue weighted by Gasteiger charge is 2.24. The second-order valence-corrected chi connectivity index (χ2v) is 6.61. The largest absolute Gasteiger partial charge is 0.454 e. The molecule has 1 N–H and O–H groups in total. The topological polar surface area (TPSA) is 75.7 Å². The number of nitrogens with zero attached hydrogens (tertiary/aromatic N) is 1. The number of thioether (sulfide) groups is 1. The Morgan fingerprint density at radius 3 is 2.86 bits per heavy atom. The summed E-state index contributed by atoms with van der Waals surface area (Å²) in [5.74, 6) is -0.328. The third kappa shape index (κ3) is 4.74. The van der Waals surface area contributed by atoms with Crippen molar-refractivity contribution in [1.29, 1.82) is 0 Å². The molecule has 8 heteroatoms. The van der Waals surface area contributed by atoms with Gasteiger partial charge in [-0.1, -0.05) is 27.7 Å². The van der Waals surface area contributed by atoms with Gasteiger partial charge in [-0.15, -0.1) is 0 Å². The predicted molar refractivity (Wildman–Crippen MR) is 87.9 cm³/mol. The molecule has 22 heavy (non-hydrogen) atoms. The van der Waals surface area contributed by atoms with Gasteiger partial charge in [0.05, 0.1) is 0 Å². The van der Waals surface area contributed by atoms with E-state index in [1.807, 2.05) is 19.1 Å². The first-order chi connectivity index (χ1) is 10.5. The van der Waals surface area contributed by atoms with E-state index in [1.165, 1.54) is 16.7 Å². The van der Waals surface area contributed by atoms with Crippen LogP contribution in [0.25, 0.3) is 0 Å². The molecule has 1 aliphatic rings. The van der Waals surface area contributed by atoms with E-state index in [-0.39, 0.29) is 18.4 Å². The molecule has 0 saturated carbocycles. The summed E-state index contributed by atoms with van der Waals surface area (Å²) in [4.78, 5) is 36.1. The lowest BCUT2D eigenvalue weighted by molar-refractivity contribution is -0.147. The molecule has 0 aromatic heterocycles. The molecule has 0 radical (unpaired) electrons. The number of carbonyl (C=O) groups is 3. The molecule has 118 valence electrons. The van der Waals surface area contributed by atoms with Crippen LogP contribution in [0.5, 0.6) is 0 Å². The average molecular weight is 387 g/mol. The molecule has 0 unspecified atom stereocenters. The van der Waals surface area contributed by atoms with Crippen molar-refractivity contribution in [3.8, 4) is 0 Å². The standard InChI is InChI=1S/C14H15BrN2O4S/c1-9-6-10(2-3-11(9)15)16-12(18)8-21-13(19)7-17-4-5-22-14(17)20/h2-3,6H,4-5,7-8H2,1H3,(H,16,18). The second kappa shape index (κ2) is 7.64. The van der Waals surface area contributed by atoms with Crippen molar-refractivity contribution in [2.24, 2.45) is 0 Å². The summed E-state index contributed by atoms with van der Waals surface area (Å²) in [6.45, 7) is 1.95. The Bertz CT molecular complexity index is 609. The first-order valence-electron chi connectivity index (χ1n) is 6.59. The third-order valence-electron chi connectivity index (χ3n) is 2.97. The number of amides is 2. The Morgan fingerprint density at radius 1 is 1.45 bits per heavy atom. The number of nitrogens with one attached hydrogen (secondary N) is 1. The number of ether oxygens (including phenoxy) is 1. The summed E-state index contributed by atoms with van der Waals surface area (Å²) in [5, 5.41) is 2.51. The lowest BCUT2D eigenvalue weighted by atomic mass is 10.2. The molecule has 2 rings (SSSR count). The van der Waals surface area contributed by atoms with Gasteiger partial charge in [0.2, 0.25) is 0 Å². The van der Waals surface area contributed by atoms with Gasteiger partial charge < -0.3 is 15.0 Å². The van der Waals surface area contributed by atoms with Crippen LogP contribution >= 0.6 is 27.7 Å². The van der Waals surface area contributed by atoms with Gasteiger partial charge >= 0.3 is 5.97 Å². The van der Waals surface area contributed by atoms with Gasteiger partial charge in [-0.25, -0.2) is 0 Å². The Balaban J connectivity index is 1.76. The molecule has 2 amide bonds. The van der Waals surface area contributed by atoms with Crippen molar-refractivity contribution in [3.63, 3.8) is 0 Å². The van der Waals surface area contributed by atoms with E-state index in [4.69, 9.17) is 4.74 Å². The summed E-state index contributed by atoms with van der Waals surface area (Å²) in [5.41, 5.74) is 1.62. The summed E-state index contributed by atoms with van der Waals surface area (Å²) in [6.07, 6.45) is 0. The molecule has 6 nitrogen and oxygen atoms in total. The van der Waals surface area contributed by atoms with Crippen LogP contribution in [0.4, 0.5) is 10.5 Å². The van der Waals surface area contributed by atoms with Gasteiger partial charge in [-0.2, -0.15) is 0 Å². The van der Waals surface area contributed by atoms with Gasteiger partial charge in [0, 0.05) is 22.5 Å². The molecular formula is C14H15BrN2O4S. The molecule has 0 atom stereocenters. The lowest BCUT2D eigenvalue weighted by Gasteiger charge is -2.13. The number of hydrogen-bond acceptors (Lipinski definition) is 5. The first kappa shape index (κ1) is 16.8. The van der Waals surface area contributed by atoms with Crippen LogP contribution in [0.2, 0.25) is 0 Å². The van der Waals surface area contributed by atoms with E-state index < -0.39 is 11.9 Å². The zero-order valence-electron chi connectivity index (χ0n) is 11.9. The minimum absolute atomic E-state index is 0.115. The van der Waals surface area contributed by atoms with Crippen LogP contribution in [0.3, 0.4) is 0 Å². The molecule has 0 spiro atoms. The number of esters is 1. The first-order valence-corrected chi connectivity index (χ1v) is 8.37. The van der Waals surface area contributed by atoms with Crippen LogP contribution in [-0.4, -0.2) is 47.5 Å². The Labute approximate surface area is 140 Å². The fourth-order valence-electron chi connectivity index (χ4n) is 1.84. The van der Waals surface area contributed by atoms with Crippen LogP contribution in [0, 0.1) is 6.92 Å². The van der Waals surface area contributed by atoms with Crippen LogP contribution in [-0.2, 0) is 14.3 Å². The van der Waals surface area contributed by atoms with E-state index in [1.54, 1.807) is 6.07 Å². The molecular weight excluding hydrogens is 372 g/mol. The normalized spacial score (nSPS) is 14.1. The highest BCUT2D eigenvalue weighted by atomic mass is 79.9. The van der Waals surface area contributed by atoms with Gasteiger partial charge in [-0.3, -0.25) is 14.4 Å². The minimum Gasteiger partial charge on any atom is -0.454 e. The van der Waals surface area contributed by atoms with E-state index in [9.17, 15) is 14.4 Å². The predicted octanol–water partition coefficient (Wildman–Crippen LogP) is 2.41. The summed E-state index contributed by atoms with van der Waals surface area (Å²) >= 11 is 4.55. The number of aryl methyl sites for hydroxylation is 1. The number of benzene rings is 1. The molecule has 1 aliphatic heterocycles. The zero-order chi connectivity index (χ0) is 16.1. The highest BCUT2D eigenvalue weighted by Crippen LogP contribution is 2.20. The molecule has 1 aromatic carbocycles. The maximum Gasteiger partial charge on any atom is 0.326 e. The second-order valence-electron chi connectivity index (χ2n) is 4.71. The zero-order valence-corrected chi connectivity index (χ0v) is 14.3. The third-order valence-corrected chi connectivity index (χ3v) is 4.75. The summed E-state index contributed by atoms with van der Waals surface area (Å²) in [7, 11) is 0. The average Bonchev–Trinajstić information content (AvgIpc) is 2.86. The van der Waals surface area contributed by atoms with Crippen LogP contribution in [0.1, 0.15) is 5.56 Å². The maximum absolute atomic E-state index is 11.7.